The number of amides is 1. The fraction of sp³-hybridized carbons (Fsp3) is 0.600. The Morgan fingerprint density at radius 1 is 1.43 bits per heavy atom. The van der Waals surface area contributed by atoms with Gasteiger partial charge >= 0.3 is 0 Å². The molecule has 2 aromatic rings. The van der Waals surface area contributed by atoms with Crippen molar-refractivity contribution < 1.29 is 19.0 Å². The number of rotatable bonds is 5. The van der Waals surface area contributed by atoms with E-state index < -0.39 is 11.3 Å². The van der Waals surface area contributed by atoms with E-state index in [0.29, 0.717) is 60.1 Å². The van der Waals surface area contributed by atoms with E-state index in [1.165, 1.54) is 0 Å². The first-order valence-electron chi connectivity index (χ1n) is 9.67. The molecule has 2 fully saturated rings. The zero-order chi connectivity index (χ0) is 19.9. The number of aliphatic hydroxyl groups is 1. The standard InChI is InChI=1S/C20H25ClFN3O3/c1-19(22)3-5-20(27,6-4-19)12-24-18(26)14-9-25(8-13-10-28-11-13)17-16(14)15(21)2-7-23-17/h2,7,9,13,27H,3-6,8,10-12H2,1H3,(H,24,26). The average molecular weight is 410 g/mol. The maximum Gasteiger partial charge on any atom is 0.253 e. The zero-order valence-corrected chi connectivity index (χ0v) is 16.6. The van der Waals surface area contributed by atoms with E-state index in [0.717, 1.165) is 0 Å². The summed E-state index contributed by atoms with van der Waals surface area (Å²) in [5.74, 6) is 0.0794. The van der Waals surface area contributed by atoms with Crippen LogP contribution in [0.1, 0.15) is 43.0 Å². The summed E-state index contributed by atoms with van der Waals surface area (Å²) < 4.78 is 21.2. The van der Waals surface area contributed by atoms with Crippen molar-refractivity contribution in [1.82, 2.24) is 14.9 Å². The fourth-order valence-corrected chi connectivity index (χ4v) is 4.15. The predicted octanol–water partition coefficient (Wildman–Crippen LogP) is 3.10. The van der Waals surface area contributed by atoms with E-state index >= 15 is 0 Å². The molecule has 2 aromatic heterocycles. The molecule has 152 valence electrons. The van der Waals surface area contributed by atoms with Crippen LogP contribution in [0.25, 0.3) is 11.0 Å². The van der Waals surface area contributed by atoms with Crippen molar-refractivity contribution in [1.29, 1.82) is 0 Å². The number of hydrogen-bond acceptors (Lipinski definition) is 4. The number of aromatic nitrogens is 2. The van der Waals surface area contributed by atoms with Gasteiger partial charge in [0.15, 0.2) is 0 Å². The third-order valence-electron chi connectivity index (χ3n) is 5.91. The van der Waals surface area contributed by atoms with Gasteiger partial charge < -0.3 is 19.7 Å². The van der Waals surface area contributed by atoms with Crippen LogP contribution in [0.3, 0.4) is 0 Å². The number of nitrogens with one attached hydrogen (secondary N) is 1. The molecule has 28 heavy (non-hydrogen) atoms. The minimum Gasteiger partial charge on any atom is -0.388 e. The smallest absolute Gasteiger partial charge is 0.253 e. The summed E-state index contributed by atoms with van der Waals surface area (Å²) in [7, 11) is 0. The molecule has 2 N–H and O–H groups in total. The molecule has 3 heterocycles. The number of carbonyl (C=O) groups excluding carboxylic acids is 1. The Bertz CT molecular complexity index is 884. The zero-order valence-electron chi connectivity index (χ0n) is 15.9. The Hall–Kier alpha value is -1.70. The van der Waals surface area contributed by atoms with Gasteiger partial charge in [0.05, 0.1) is 34.8 Å². The van der Waals surface area contributed by atoms with Gasteiger partial charge in [-0.15, -0.1) is 0 Å². The molecule has 4 rings (SSSR count). The number of carbonyl (C=O) groups is 1. The monoisotopic (exact) mass is 409 g/mol. The van der Waals surface area contributed by atoms with Crippen molar-refractivity contribution >= 4 is 28.5 Å². The second-order valence-electron chi connectivity index (χ2n) is 8.41. The van der Waals surface area contributed by atoms with Crippen LogP contribution in [0.15, 0.2) is 18.5 Å². The van der Waals surface area contributed by atoms with Gasteiger partial charge in [0.1, 0.15) is 11.3 Å². The number of nitrogens with zero attached hydrogens (tertiary/aromatic N) is 2. The molecule has 0 unspecified atom stereocenters. The van der Waals surface area contributed by atoms with Crippen molar-refractivity contribution in [3.63, 3.8) is 0 Å². The lowest BCUT2D eigenvalue weighted by atomic mass is 9.78. The number of pyridine rings is 1. The van der Waals surface area contributed by atoms with E-state index in [9.17, 15) is 14.3 Å². The number of fused-ring (bicyclic) bond motifs is 1. The second kappa shape index (κ2) is 7.28. The third kappa shape index (κ3) is 3.88. The highest BCUT2D eigenvalue weighted by atomic mass is 35.5. The molecule has 8 heteroatoms. The molecule has 1 aliphatic heterocycles. The number of alkyl halides is 1. The van der Waals surface area contributed by atoms with Crippen LogP contribution in [0.4, 0.5) is 4.39 Å². The van der Waals surface area contributed by atoms with E-state index in [-0.39, 0.29) is 25.3 Å². The van der Waals surface area contributed by atoms with E-state index in [4.69, 9.17) is 16.3 Å². The van der Waals surface area contributed by atoms with Gasteiger partial charge in [-0.2, -0.15) is 0 Å². The molecule has 0 bridgehead atoms. The highest BCUT2D eigenvalue weighted by Gasteiger charge is 2.39. The first kappa shape index (κ1) is 19.6. The fourth-order valence-electron chi connectivity index (χ4n) is 3.91. The molecule has 1 saturated carbocycles. The van der Waals surface area contributed by atoms with Crippen molar-refractivity contribution in [2.24, 2.45) is 5.92 Å². The van der Waals surface area contributed by atoms with Crippen LogP contribution in [0.5, 0.6) is 0 Å². The Morgan fingerprint density at radius 2 is 2.14 bits per heavy atom. The summed E-state index contributed by atoms with van der Waals surface area (Å²) in [6, 6.07) is 1.66. The first-order valence-corrected chi connectivity index (χ1v) is 10.0. The maximum atomic E-state index is 14.0. The molecule has 0 aromatic carbocycles. The van der Waals surface area contributed by atoms with E-state index in [1.807, 2.05) is 4.57 Å². The summed E-state index contributed by atoms with van der Waals surface area (Å²) >= 11 is 6.36. The van der Waals surface area contributed by atoms with Crippen LogP contribution < -0.4 is 5.32 Å². The Kier molecular flexibility index (Phi) is 5.10. The van der Waals surface area contributed by atoms with Crippen molar-refractivity contribution in [3.8, 4) is 0 Å². The van der Waals surface area contributed by atoms with Gasteiger partial charge in [0.25, 0.3) is 5.91 Å². The summed E-state index contributed by atoms with van der Waals surface area (Å²) in [5, 5.41) is 14.6. The van der Waals surface area contributed by atoms with Crippen molar-refractivity contribution in [2.75, 3.05) is 19.8 Å². The number of hydrogen-bond donors (Lipinski definition) is 2. The van der Waals surface area contributed by atoms with Crippen LogP contribution in [0, 0.1) is 5.92 Å². The molecule has 1 aliphatic carbocycles. The molecule has 1 saturated heterocycles. The largest absolute Gasteiger partial charge is 0.388 e. The summed E-state index contributed by atoms with van der Waals surface area (Å²) in [4.78, 5) is 17.3. The minimum absolute atomic E-state index is 0.0862. The lowest BCUT2D eigenvalue weighted by Crippen LogP contribution is -2.47. The second-order valence-corrected chi connectivity index (χ2v) is 8.82. The average Bonchev–Trinajstić information content (AvgIpc) is 2.99. The van der Waals surface area contributed by atoms with Crippen LogP contribution in [-0.4, -0.2) is 51.6 Å². The summed E-state index contributed by atoms with van der Waals surface area (Å²) in [5.41, 5.74) is -1.23. The SMILES string of the molecule is CC1(F)CCC(O)(CNC(=O)c2cn(CC3COC3)c3nccc(Cl)c23)CC1. The number of ether oxygens (including phenoxy) is 1. The van der Waals surface area contributed by atoms with Gasteiger partial charge in [-0.25, -0.2) is 9.37 Å². The highest BCUT2D eigenvalue weighted by molar-refractivity contribution is 6.36. The molecular weight excluding hydrogens is 385 g/mol. The van der Waals surface area contributed by atoms with Crippen LogP contribution in [0.2, 0.25) is 5.02 Å². The molecule has 0 atom stereocenters. The molecular formula is C20H25ClFN3O3. The third-order valence-corrected chi connectivity index (χ3v) is 6.23. The molecule has 0 spiro atoms. The summed E-state index contributed by atoms with van der Waals surface area (Å²) in [6.45, 7) is 3.74. The van der Waals surface area contributed by atoms with Gasteiger partial charge in [0.2, 0.25) is 0 Å². The van der Waals surface area contributed by atoms with Gasteiger partial charge in [-0.3, -0.25) is 4.79 Å². The lowest BCUT2D eigenvalue weighted by Gasteiger charge is -2.37. The lowest BCUT2D eigenvalue weighted by molar-refractivity contribution is -0.0389. The summed E-state index contributed by atoms with van der Waals surface area (Å²) in [6.07, 6.45) is 4.62. The van der Waals surface area contributed by atoms with Gasteiger partial charge in [-0.1, -0.05) is 11.6 Å². The van der Waals surface area contributed by atoms with Crippen molar-refractivity contribution in [2.45, 2.75) is 50.4 Å². The van der Waals surface area contributed by atoms with Gasteiger partial charge in [-0.05, 0) is 38.7 Å². The molecule has 2 aliphatic rings. The van der Waals surface area contributed by atoms with E-state index in [1.54, 1.807) is 25.4 Å². The Morgan fingerprint density at radius 3 is 2.79 bits per heavy atom. The van der Waals surface area contributed by atoms with Crippen molar-refractivity contribution in [3.05, 3.63) is 29.0 Å². The van der Waals surface area contributed by atoms with E-state index in [2.05, 4.69) is 10.3 Å². The normalized spacial score (nSPS) is 28.3. The maximum absolute atomic E-state index is 14.0. The highest BCUT2D eigenvalue weighted by Crippen LogP contribution is 2.37. The number of halogens is 2. The van der Waals surface area contributed by atoms with Crippen LogP contribution >= 0.6 is 11.6 Å². The first-order chi connectivity index (χ1) is 13.3. The van der Waals surface area contributed by atoms with Crippen LogP contribution in [-0.2, 0) is 11.3 Å². The quantitative estimate of drug-likeness (QED) is 0.795. The predicted molar refractivity (Wildman–Crippen MR) is 104 cm³/mol. The molecule has 1 amide bonds. The van der Waals surface area contributed by atoms with Gasteiger partial charge in [0, 0.05) is 31.4 Å². The Labute approximate surface area is 168 Å². The Balaban J connectivity index is 1.52. The topological polar surface area (TPSA) is 76.4 Å². The molecule has 6 nitrogen and oxygen atoms in total. The molecule has 0 radical (unpaired) electrons. The minimum atomic E-state index is -1.24.